The summed E-state index contributed by atoms with van der Waals surface area (Å²) in [4.78, 5) is 38.0. The zero-order valence-electron chi connectivity index (χ0n) is 17.2. The highest BCUT2D eigenvalue weighted by Crippen LogP contribution is 2.14. The molecule has 0 aliphatic carbocycles. The van der Waals surface area contributed by atoms with Crippen LogP contribution in [0.15, 0.2) is 48.5 Å². The Morgan fingerprint density at radius 3 is 2.17 bits per heavy atom. The Morgan fingerprint density at radius 1 is 1.00 bits per heavy atom. The van der Waals surface area contributed by atoms with Gasteiger partial charge >= 0.3 is 5.97 Å². The Balaban J connectivity index is 1.81. The lowest BCUT2D eigenvalue weighted by atomic mass is 10.2. The molecule has 8 heteroatoms. The molecule has 0 heterocycles. The molecule has 2 amide bonds. The van der Waals surface area contributed by atoms with Gasteiger partial charge in [0.25, 0.3) is 11.8 Å². The van der Waals surface area contributed by atoms with E-state index in [1.165, 1.54) is 31.2 Å². The van der Waals surface area contributed by atoms with Crippen molar-refractivity contribution >= 4 is 23.5 Å². The van der Waals surface area contributed by atoms with Gasteiger partial charge in [-0.25, -0.2) is 9.18 Å². The third-order valence-electron chi connectivity index (χ3n) is 4.27. The van der Waals surface area contributed by atoms with Crippen molar-refractivity contribution in [3.63, 3.8) is 0 Å². The first-order valence-corrected chi connectivity index (χ1v) is 9.62. The van der Waals surface area contributed by atoms with Crippen molar-refractivity contribution in [3.05, 3.63) is 59.9 Å². The molecule has 2 aromatic rings. The molecule has 1 atom stereocenters. The van der Waals surface area contributed by atoms with Gasteiger partial charge in [-0.1, -0.05) is 0 Å². The fourth-order valence-electron chi connectivity index (χ4n) is 2.61. The average molecular weight is 416 g/mol. The van der Waals surface area contributed by atoms with E-state index in [-0.39, 0.29) is 5.91 Å². The molecule has 0 bridgehead atoms. The number of hydrogen-bond donors (Lipinski definition) is 1. The van der Waals surface area contributed by atoms with Crippen LogP contribution < -0.4 is 10.1 Å². The number of rotatable bonds is 9. The summed E-state index contributed by atoms with van der Waals surface area (Å²) in [5.41, 5.74) is 0.998. The predicted octanol–water partition coefficient (Wildman–Crippen LogP) is 3.26. The van der Waals surface area contributed by atoms with Gasteiger partial charge in [-0.15, -0.1) is 0 Å². The van der Waals surface area contributed by atoms with Crippen molar-refractivity contribution < 1.29 is 28.2 Å². The second-order valence-corrected chi connectivity index (χ2v) is 6.42. The molecule has 7 nitrogen and oxygen atoms in total. The van der Waals surface area contributed by atoms with E-state index in [1.54, 1.807) is 29.2 Å². The molecule has 0 aliphatic heterocycles. The molecule has 0 spiro atoms. The standard InChI is InChI=1S/C22H25FN2O5/c1-4-25(5-2)21(27)16-6-10-18(11-7-16)24-20(26)14-29-22(28)15(3)30-19-12-8-17(23)9-13-19/h6-13,15H,4-5,14H2,1-3H3,(H,24,26)/t15-/m1/s1. The third kappa shape index (κ3) is 6.58. The second kappa shape index (κ2) is 10.9. The van der Waals surface area contributed by atoms with Gasteiger partial charge < -0.3 is 19.7 Å². The molecular formula is C22H25FN2O5. The first-order chi connectivity index (χ1) is 14.3. The number of carbonyl (C=O) groups is 3. The number of hydrogen-bond acceptors (Lipinski definition) is 5. The number of ether oxygens (including phenoxy) is 2. The number of amides is 2. The summed E-state index contributed by atoms with van der Waals surface area (Å²) in [5.74, 6) is -1.44. The van der Waals surface area contributed by atoms with Crippen molar-refractivity contribution in [2.75, 3.05) is 25.0 Å². The summed E-state index contributed by atoms with van der Waals surface area (Å²) in [6.45, 7) is 6.02. The van der Waals surface area contributed by atoms with Gasteiger partial charge in [-0.2, -0.15) is 0 Å². The number of carbonyl (C=O) groups excluding carboxylic acids is 3. The quantitative estimate of drug-likeness (QED) is 0.635. The van der Waals surface area contributed by atoms with Crippen LogP contribution in [0.4, 0.5) is 10.1 Å². The zero-order chi connectivity index (χ0) is 22.1. The molecule has 0 fully saturated rings. The van der Waals surface area contributed by atoms with E-state index >= 15 is 0 Å². The lowest BCUT2D eigenvalue weighted by Gasteiger charge is -2.18. The van der Waals surface area contributed by atoms with Crippen molar-refractivity contribution in [1.82, 2.24) is 4.90 Å². The normalized spacial score (nSPS) is 11.3. The van der Waals surface area contributed by atoms with Gasteiger partial charge in [0.1, 0.15) is 11.6 Å². The van der Waals surface area contributed by atoms with Crippen LogP contribution in [0, 0.1) is 5.82 Å². The van der Waals surface area contributed by atoms with Crippen molar-refractivity contribution in [1.29, 1.82) is 0 Å². The largest absolute Gasteiger partial charge is 0.479 e. The third-order valence-corrected chi connectivity index (χ3v) is 4.27. The Labute approximate surface area is 174 Å². The number of benzene rings is 2. The summed E-state index contributed by atoms with van der Waals surface area (Å²) >= 11 is 0. The fraction of sp³-hybridized carbons (Fsp3) is 0.318. The first kappa shape index (κ1) is 22.9. The van der Waals surface area contributed by atoms with Crippen LogP contribution in [0.5, 0.6) is 5.75 Å². The molecule has 0 aliphatic rings. The van der Waals surface area contributed by atoms with E-state index in [1.807, 2.05) is 13.8 Å². The van der Waals surface area contributed by atoms with Gasteiger partial charge in [0.15, 0.2) is 12.7 Å². The molecule has 160 valence electrons. The van der Waals surface area contributed by atoms with Gasteiger partial charge in [0, 0.05) is 24.3 Å². The number of nitrogens with one attached hydrogen (secondary N) is 1. The second-order valence-electron chi connectivity index (χ2n) is 6.42. The molecule has 0 saturated carbocycles. The first-order valence-electron chi connectivity index (χ1n) is 9.62. The van der Waals surface area contributed by atoms with E-state index in [0.29, 0.717) is 30.1 Å². The Hall–Kier alpha value is -3.42. The lowest BCUT2D eigenvalue weighted by Crippen LogP contribution is -2.30. The van der Waals surface area contributed by atoms with Gasteiger partial charge in [-0.3, -0.25) is 9.59 Å². The zero-order valence-corrected chi connectivity index (χ0v) is 17.2. The predicted molar refractivity (Wildman–Crippen MR) is 110 cm³/mol. The number of esters is 1. The highest BCUT2D eigenvalue weighted by molar-refractivity contribution is 5.96. The smallest absolute Gasteiger partial charge is 0.347 e. The Bertz CT molecular complexity index is 864. The maximum Gasteiger partial charge on any atom is 0.347 e. The van der Waals surface area contributed by atoms with E-state index < -0.39 is 30.4 Å². The average Bonchev–Trinajstić information content (AvgIpc) is 2.75. The number of halogens is 1. The van der Waals surface area contributed by atoms with Crippen LogP contribution in [0.25, 0.3) is 0 Å². The van der Waals surface area contributed by atoms with Gasteiger partial charge in [0.05, 0.1) is 0 Å². The van der Waals surface area contributed by atoms with Crippen molar-refractivity contribution in [3.8, 4) is 5.75 Å². The molecular weight excluding hydrogens is 391 g/mol. The topological polar surface area (TPSA) is 84.9 Å². The fourth-order valence-corrected chi connectivity index (χ4v) is 2.61. The molecule has 0 aromatic heterocycles. The van der Waals surface area contributed by atoms with Crippen molar-refractivity contribution in [2.45, 2.75) is 26.9 Å². The van der Waals surface area contributed by atoms with Crippen LogP contribution in [0.1, 0.15) is 31.1 Å². The van der Waals surface area contributed by atoms with Gasteiger partial charge in [-0.05, 0) is 69.3 Å². The summed E-state index contributed by atoms with van der Waals surface area (Å²) in [7, 11) is 0. The summed E-state index contributed by atoms with van der Waals surface area (Å²) in [6.07, 6.45) is -0.964. The highest BCUT2D eigenvalue weighted by atomic mass is 19.1. The van der Waals surface area contributed by atoms with E-state index in [4.69, 9.17) is 9.47 Å². The van der Waals surface area contributed by atoms with E-state index in [9.17, 15) is 18.8 Å². The molecule has 0 unspecified atom stereocenters. The maximum atomic E-state index is 12.9. The molecule has 1 N–H and O–H groups in total. The number of nitrogens with zero attached hydrogens (tertiary/aromatic N) is 1. The van der Waals surface area contributed by atoms with Gasteiger partial charge in [0.2, 0.25) is 0 Å². The monoisotopic (exact) mass is 416 g/mol. The maximum absolute atomic E-state index is 12.9. The van der Waals surface area contributed by atoms with Crippen LogP contribution in [0.2, 0.25) is 0 Å². The SMILES string of the molecule is CCN(CC)C(=O)c1ccc(NC(=O)COC(=O)[C@@H](C)Oc2ccc(F)cc2)cc1. The minimum Gasteiger partial charge on any atom is -0.479 e. The minimum absolute atomic E-state index is 0.0815. The van der Waals surface area contributed by atoms with E-state index in [0.717, 1.165) is 0 Å². The van der Waals surface area contributed by atoms with Crippen LogP contribution >= 0.6 is 0 Å². The molecule has 0 saturated heterocycles. The lowest BCUT2D eigenvalue weighted by molar-refractivity contribution is -0.153. The summed E-state index contributed by atoms with van der Waals surface area (Å²) < 4.78 is 23.2. The highest BCUT2D eigenvalue weighted by Gasteiger charge is 2.18. The number of anilines is 1. The van der Waals surface area contributed by atoms with Crippen molar-refractivity contribution in [2.24, 2.45) is 0 Å². The molecule has 0 radical (unpaired) electrons. The van der Waals surface area contributed by atoms with Crippen LogP contribution in [0.3, 0.4) is 0 Å². The Morgan fingerprint density at radius 2 is 1.60 bits per heavy atom. The Kier molecular flexibility index (Phi) is 8.34. The van der Waals surface area contributed by atoms with E-state index in [2.05, 4.69) is 5.32 Å². The molecule has 2 rings (SSSR count). The van der Waals surface area contributed by atoms with Crippen LogP contribution in [-0.2, 0) is 14.3 Å². The van der Waals surface area contributed by atoms with Crippen LogP contribution in [-0.4, -0.2) is 48.5 Å². The summed E-state index contributed by atoms with van der Waals surface area (Å²) in [6, 6.07) is 11.7. The minimum atomic E-state index is -0.964. The molecule has 2 aromatic carbocycles. The molecule has 30 heavy (non-hydrogen) atoms. The summed E-state index contributed by atoms with van der Waals surface area (Å²) in [5, 5.41) is 2.59.